The zero-order valence-corrected chi connectivity index (χ0v) is 15.5. The molecule has 3 heteroatoms. The van der Waals surface area contributed by atoms with Gasteiger partial charge >= 0.3 is 0 Å². The first-order valence-corrected chi connectivity index (χ1v) is 9.27. The van der Waals surface area contributed by atoms with Crippen LogP contribution in [-0.2, 0) is 0 Å². The Labute approximate surface area is 148 Å². The second-order valence-corrected chi connectivity index (χ2v) is 6.57. The van der Waals surface area contributed by atoms with Gasteiger partial charge in [0.1, 0.15) is 0 Å². The van der Waals surface area contributed by atoms with Gasteiger partial charge in [0, 0.05) is 38.1 Å². The molecule has 0 saturated carbocycles. The van der Waals surface area contributed by atoms with Crippen LogP contribution in [0.15, 0.2) is 60.6 Å². The molecular formula is C21H33N3. The van der Waals surface area contributed by atoms with E-state index in [0.717, 1.165) is 32.0 Å². The molecule has 3 nitrogen and oxygen atoms in total. The number of nitrogens with one attached hydrogen (secondary N) is 1. The third-order valence-corrected chi connectivity index (χ3v) is 5.04. The molecule has 0 saturated heterocycles. The van der Waals surface area contributed by atoms with Crippen molar-refractivity contribution in [1.29, 1.82) is 0 Å². The summed E-state index contributed by atoms with van der Waals surface area (Å²) in [7, 11) is 2.08. The van der Waals surface area contributed by atoms with Crippen molar-refractivity contribution in [3.05, 3.63) is 60.6 Å². The zero-order valence-electron chi connectivity index (χ0n) is 15.5. The Hall–Kier alpha value is -1.90. The molecule has 0 spiro atoms. The second-order valence-electron chi connectivity index (χ2n) is 6.57. The summed E-state index contributed by atoms with van der Waals surface area (Å²) in [6, 6.07) is 0.437. The molecule has 0 bridgehead atoms. The average molecular weight is 328 g/mol. The van der Waals surface area contributed by atoms with Crippen molar-refractivity contribution >= 4 is 0 Å². The van der Waals surface area contributed by atoms with Crippen LogP contribution in [0.2, 0.25) is 0 Å². The van der Waals surface area contributed by atoms with Gasteiger partial charge in [-0.1, -0.05) is 37.8 Å². The number of hydrogen-bond acceptors (Lipinski definition) is 3. The van der Waals surface area contributed by atoms with E-state index in [0.29, 0.717) is 6.04 Å². The maximum atomic E-state index is 3.84. The second kappa shape index (κ2) is 9.41. The number of likely N-dealkylation sites (N-methyl/N-ethyl adjacent to an activating group) is 2. The summed E-state index contributed by atoms with van der Waals surface area (Å²) in [6.07, 6.45) is 19.1. The molecule has 1 N–H and O–H groups in total. The van der Waals surface area contributed by atoms with Crippen LogP contribution in [0.3, 0.4) is 0 Å². The SMILES string of the molecule is C=CN(C)C1C=CC(N(CC)CCNC2=CCC(CC)C=C2)=CC1. The Morgan fingerprint density at radius 3 is 2.58 bits per heavy atom. The van der Waals surface area contributed by atoms with Crippen LogP contribution in [0.4, 0.5) is 0 Å². The summed E-state index contributed by atoms with van der Waals surface area (Å²) in [5.74, 6) is 0.724. The lowest BCUT2D eigenvalue weighted by Gasteiger charge is -2.30. The lowest BCUT2D eigenvalue weighted by atomic mass is 9.97. The summed E-state index contributed by atoms with van der Waals surface area (Å²) < 4.78 is 0. The number of allylic oxidation sites excluding steroid dienone is 4. The first-order chi connectivity index (χ1) is 11.7. The van der Waals surface area contributed by atoms with E-state index in [-0.39, 0.29) is 0 Å². The van der Waals surface area contributed by atoms with Crippen LogP contribution in [0, 0.1) is 5.92 Å². The Bertz CT molecular complexity index is 527. The average Bonchev–Trinajstić information content (AvgIpc) is 2.65. The Morgan fingerprint density at radius 1 is 1.21 bits per heavy atom. The van der Waals surface area contributed by atoms with Gasteiger partial charge in [0.15, 0.2) is 0 Å². The van der Waals surface area contributed by atoms with E-state index in [1.165, 1.54) is 24.2 Å². The molecule has 0 aromatic heterocycles. The Balaban J connectivity index is 1.78. The van der Waals surface area contributed by atoms with Gasteiger partial charge in [-0.2, -0.15) is 0 Å². The Morgan fingerprint density at radius 2 is 2.04 bits per heavy atom. The van der Waals surface area contributed by atoms with Crippen LogP contribution < -0.4 is 5.32 Å². The van der Waals surface area contributed by atoms with Gasteiger partial charge in [-0.25, -0.2) is 0 Å². The van der Waals surface area contributed by atoms with Crippen molar-refractivity contribution in [2.45, 2.75) is 39.2 Å². The molecule has 132 valence electrons. The molecule has 2 rings (SSSR count). The topological polar surface area (TPSA) is 18.5 Å². The molecule has 2 aliphatic rings. The van der Waals surface area contributed by atoms with E-state index >= 15 is 0 Å². The monoisotopic (exact) mass is 327 g/mol. The fraction of sp³-hybridized carbons (Fsp3) is 0.524. The highest BCUT2D eigenvalue weighted by Crippen LogP contribution is 2.19. The Kier molecular flexibility index (Phi) is 7.23. The van der Waals surface area contributed by atoms with Gasteiger partial charge in [-0.3, -0.25) is 0 Å². The van der Waals surface area contributed by atoms with Crippen LogP contribution in [0.25, 0.3) is 0 Å². The van der Waals surface area contributed by atoms with Gasteiger partial charge in [0.25, 0.3) is 0 Å². The van der Waals surface area contributed by atoms with E-state index in [4.69, 9.17) is 0 Å². The molecule has 0 aliphatic heterocycles. The fourth-order valence-electron chi connectivity index (χ4n) is 3.17. The summed E-state index contributed by atoms with van der Waals surface area (Å²) in [5.41, 5.74) is 2.61. The highest BCUT2D eigenvalue weighted by atomic mass is 15.2. The van der Waals surface area contributed by atoms with Gasteiger partial charge in [-0.15, -0.1) is 0 Å². The highest BCUT2D eigenvalue weighted by Gasteiger charge is 2.14. The molecule has 0 amide bonds. The minimum absolute atomic E-state index is 0.437. The van der Waals surface area contributed by atoms with Crippen molar-refractivity contribution in [3.63, 3.8) is 0 Å². The summed E-state index contributed by atoms with van der Waals surface area (Å²) in [5, 5.41) is 3.57. The van der Waals surface area contributed by atoms with Gasteiger partial charge in [0.05, 0.1) is 6.04 Å². The minimum atomic E-state index is 0.437. The summed E-state index contributed by atoms with van der Waals surface area (Å²) in [6.45, 7) is 11.4. The van der Waals surface area contributed by atoms with Crippen molar-refractivity contribution in [1.82, 2.24) is 15.1 Å². The van der Waals surface area contributed by atoms with Crippen molar-refractivity contribution < 1.29 is 0 Å². The summed E-state index contributed by atoms with van der Waals surface area (Å²) in [4.78, 5) is 4.60. The molecule has 0 aromatic carbocycles. The van der Waals surface area contributed by atoms with E-state index in [2.05, 4.69) is 79.0 Å². The van der Waals surface area contributed by atoms with Crippen LogP contribution >= 0.6 is 0 Å². The summed E-state index contributed by atoms with van der Waals surface area (Å²) >= 11 is 0. The minimum Gasteiger partial charge on any atom is -0.384 e. The smallest absolute Gasteiger partial charge is 0.0503 e. The van der Waals surface area contributed by atoms with Gasteiger partial charge in [0.2, 0.25) is 0 Å². The maximum Gasteiger partial charge on any atom is 0.0503 e. The predicted octanol–water partition coefficient (Wildman–Crippen LogP) is 4.06. The molecule has 0 heterocycles. The van der Waals surface area contributed by atoms with Crippen molar-refractivity contribution in [2.24, 2.45) is 5.92 Å². The first kappa shape index (κ1) is 18.4. The fourth-order valence-corrected chi connectivity index (χ4v) is 3.17. The van der Waals surface area contributed by atoms with E-state index in [9.17, 15) is 0 Å². The van der Waals surface area contributed by atoms with E-state index < -0.39 is 0 Å². The first-order valence-electron chi connectivity index (χ1n) is 9.27. The van der Waals surface area contributed by atoms with Crippen LogP contribution in [0.5, 0.6) is 0 Å². The van der Waals surface area contributed by atoms with Crippen molar-refractivity contribution in [3.8, 4) is 0 Å². The third kappa shape index (κ3) is 5.05. The van der Waals surface area contributed by atoms with Crippen LogP contribution in [-0.4, -0.2) is 42.5 Å². The van der Waals surface area contributed by atoms with E-state index in [1.807, 2.05) is 6.20 Å². The largest absolute Gasteiger partial charge is 0.384 e. The van der Waals surface area contributed by atoms with E-state index in [1.54, 1.807) is 0 Å². The molecule has 0 radical (unpaired) electrons. The predicted molar refractivity (Wildman–Crippen MR) is 104 cm³/mol. The van der Waals surface area contributed by atoms with Crippen LogP contribution in [0.1, 0.15) is 33.1 Å². The molecule has 2 unspecified atom stereocenters. The highest BCUT2D eigenvalue weighted by molar-refractivity contribution is 5.25. The molecule has 2 atom stereocenters. The lowest BCUT2D eigenvalue weighted by molar-refractivity contribution is 0.353. The van der Waals surface area contributed by atoms with Gasteiger partial charge in [-0.05, 0) is 50.5 Å². The third-order valence-electron chi connectivity index (χ3n) is 5.04. The zero-order chi connectivity index (χ0) is 17.4. The number of nitrogens with zero attached hydrogens (tertiary/aromatic N) is 2. The normalized spacial score (nSPS) is 22.6. The number of rotatable bonds is 9. The standard InChI is InChI=1S/C21H33N3/c1-5-18-8-10-19(11-9-18)22-16-17-24(7-3)21-14-12-20(13-15-21)23(4)6-2/h6,8,10-12,14-15,18,20,22H,2,5,7,9,13,16-17H2,1,3-4H3. The quantitative estimate of drug-likeness (QED) is 0.689. The molecule has 24 heavy (non-hydrogen) atoms. The molecule has 2 aliphatic carbocycles. The lowest BCUT2D eigenvalue weighted by Crippen LogP contribution is -2.33. The van der Waals surface area contributed by atoms with Gasteiger partial charge < -0.3 is 15.1 Å². The molecular weight excluding hydrogens is 294 g/mol. The maximum absolute atomic E-state index is 3.84. The molecule has 0 aromatic rings. The molecule has 0 fully saturated rings. The van der Waals surface area contributed by atoms with Crippen molar-refractivity contribution in [2.75, 3.05) is 26.7 Å². The number of hydrogen-bond donors (Lipinski definition) is 1.